The molecule has 4 heteroatoms. The van der Waals surface area contributed by atoms with Crippen LogP contribution in [0.3, 0.4) is 0 Å². The Balaban J connectivity index is 2.24. The number of aliphatic hydroxyl groups excluding tert-OH is 1. The molecule has 0 spiro atoms. The third kappa shape index (κ3) is 3.58. The summed E-state index contributed by atoms with van der Waals surface area (Å²) in [5, 5.41) is 11.3. The van der Waals surface area contributed by atoms with Crippen LogP contribution in [-0.4, -0.2) is 28.2 Å². The minimum absolute atomic E-state index is 0.0923. The fourth-order valence-corrected chi connectivity index (χ4v) is 3.24. The molecule has 0 bridgehead atoms. The first-order chi connectivity index (χ1) is 12.1. The van der Waals surface area contributed by atoms with Gasteiger partial charge in [-0.15, -0.1) is 0 Å². The minimum atomic E-state index is 0.0923. The summed E-state index contributed by atoms with van der Waals surface area (Å²) in [4.78, 5) is 11.9. The van der Waals surface area contributed by atoms with E-state index in [0.29, 0.717) is 11.4 Å². The number of fused-ring (bicyclic) bond motifs is 1. The van der Waals surface area contributed by atoms with Crippen molar-refractivity contribution in [2.45, 2.75) is 33.1 Å². The van der Waals surface area contributed by atoms with Crippen molar-refractivity contribution in [3.63, 3.8) is 0 Å². The van der Waals surface area contributed by atoms with Crippen LogP contribution in [0.5, 0.6) is 0 Å². The summed E-state index contributed by atoms with van der Waals surface area (Å²) in [6.45, 7) is 9.66. The Hall–Kier alpha value is -2.62. The highest BCUT2D eigenvalue weighted by molar-refractivity contribution is 5.92. The lowest BCUT2D eigenvalue weighted by Gasteiger charge is -2.29. The van der Waals surface area contributed by atoms with Gasteiger partial charge in [-0.2, -0.15) is 0 Å². The van der Waals surface area contributed by atoms with Gasteiger partial charge in [0.25, 0.3) is 0 Å². The first-order valence-corrected chi connectivity index (χ1v) is 8.86. The average Bonchev–Trinajstić information content (AvgIpc) is 2.65. The van der Waals surface area contributed by atoms with Gasteiger partial charge in [-0.1, -0.05) is 24.8 Å². The summed E-state index contributed by atoms with van der Waals surface area (Å²) in [5.74, 6) is 1.59. The maximum atomic E-state index is 10.2. The van der Waals surface area contributed by atoms with Crippen LogP contribution in [0.15, 0.2) is 48.8 Å². The average molecular weight is 335 g/mol. The lowest BCUT2D eigenvalue weighted by molar-refractivity contribution is 0.435. The van der Waals surface area contributed by atoms with Crippen molar-refractivity contribution in [1.82, 2.24) is 9.97 Å². The molecule has 1 saturated heterocycles. The van der Waals surface area contributed by atoms with Crippen LogP contribution < -0.4 is 4.90 Å². The minimum Gasteiger partial charge on any atom is -0.507 e. The summed E-state index contributed by atoms with van der Waals surface area (Å²) in [6, 6.07) is 6.28. The van der Waals surface area contributed by atoms with Gasteiger partial charge in [-0.25, -0.2) is 9.97 Å². The van der Waals surface area contributed by atoms with E-state index in [4.69, 9.17) is 9.97 Å². The van der Waals surface area contributed by atoms with Gasteiger partial charge in [0.2, 0.25) is 0 Å². The van der Waals surface area contributed by atoms with Crippen molar-refractivity contribution in [3.8, 4) is 0 Å². The molecule has 2 aromatic rings. The zero-order valence-corrected chi connectivity index (χ0v) is 15.0. The van der Waals surface area contributed by atoms with Crippen LogP contribution in [0.25, 0.3) is 16.5 Å². The third-order valence-corrected chi connectivity index (χ3v) is 4.53. The fourth-order valence-electron chi connectivity index (χ4n) is 3.24. The monoisotopic (exact) mass is 335 g/mol. The van der Waals surface area contributed by atoms with Gasteiger partial charge in [-0.05, 0) is 56.9 Å². The molecule has 0 saturated carbocycles. The van der Waals surface area contributed by atoms with Gasteiger partial charge in [-0.3, -0.25) is 0 Å². The molecule has 4 nitrogen and oxygen atoms in total. The quantitative estimate of drug-likeness (QED) is 0.634. The molecule has 2 heterocycles. The zero-order chi connectivity index (χ0) is 17.8. The molecule has 1 N–H and O–H groups in total. The number of aromatic nitrogens is 2. The standard InChI is InChI=1S/C21H25N3O/c1-4-9-17(19(25)5-2)20-22-18-14-15(3)10-11-16(18)21(23-20)24-12-7-6-8-13-24/h4-5,9-11,14,25H,2,6-8,12-13H2,1,3H3/b9-4-,19-17-. The van der Waals surface area contributed by atoms with E-state index >= 15 is 0 Å². The number of allylic oxidation sites excluding steroid dienone is 4. The van der Waals surface area contributed by atoms with Crippen molar-refractivity contribution in [2.24, 2.45) is 0 Å². The Kier molecular flexibility index (Phi) is 5.17. The number of piperidine rings is 1. The molecular weight excluding hydrogens is 310 g/mol. The van der Waals surface area contributed by atoms with Crippen molar-refractivity contribution in [1.29, 1.82) is 0 Å². The number of aryl methyl sites for hydroxylation is 1. The number of benzene rings is 1. The molecule has 0 atom stereocenters. The zero-order valence-electron chi connectivity index (χ0n) is 15.0. The highest BCUT2D eigenvalue weighted by Crippen LogP contribution is 2.29. The van der Waals surface area contributed by atoms with Crippen molar-refractivity contribution in [3.05, 3.63) is 60.2 Å². The normalized spacial score (nSPS) is 16.3. The van der Waals surface area contributed by atoms with E-state index < -0.39 is 0 Å². The molecular formula is C21H25N3O. The second-order valence-electron chi connectivity index (χ2n) is 6.44. The van der Waals surface area contributed by atoms with Crippen LogP contribution in [0.2, 0.25) is 0 Å². The topological polar surface area (TPSA) is 49.3 Å². The molecule has 0 amide bonds. The Morgan fingerprint density at radius 2 is 1.96 bits per heavy atom. The van der Waals surface area contributed by atoms with Gasteiger partial charge < -0.3 is 10.0 Å². The Bertz CT molecular complexity index is 846. The molecule has 1 aromatic heterocycles. The molecule has 0 radical (unpaired) electrons. The molecule has 1 aliphatic heterocycles. The second-order valence-corrected chi connectivity index (χ2v) is 6.44. The molecule has 0 unspecified atom stereocenters. The predicted molar refractivity (Wildman–Crippen MR) is 105 cm³/mol. The van der Waals surface area contributed by atoms with E-state index in [1.165, 1.54) is 25.3 Å². The summed E-state index contributed by atoms with van der Waals surface area (Å²) < 4.78 is 0. The maximum Gasteiger partial charge on any atom is 0.165 e. The summed E-state index contributed by atoms with van der Waals surface area (Å²) in [6.07, 6.45) is 8.77. The van der Waals surface area contributed by atoms with Crippen LogP contribution in [0, 0.1) is 6.92 Å². The number of aliphatic hydroxyl groups is 1. The third-order valence-electron chi connectivity index (χ3n) is 4.53. The van der Waals surface area contributed by atoms with Crippen molar-refractivity contribution < 1.29 is 5.11 Å². The Morgan fingerprint density at radius 3 is 2.64 bits per heavy atom. The van der Waals surface area contributed by atoms with Gasteiger partial charge >= 0.3 is 0 Å². The van der Waals surface area contributed by atoms with Crippen LogP contribution >= 0.6 is 0 Å². The number of anilines is 1. The lowest BCUT2D eigenvalue weighted by Crippen LogP contribution is -2.30. The molecule has 1 fully saturated rings. The predicted octanol–water partition coefficient (Wildman–Crippen LogP) is 4.96. The first kappa shape index (κ1) is 17.2. The van der Waals surface area contributed by atoms with E-state index in [1.54, 1.807) is 0 Å². The molecule has 1 aliphatic rings. The largest absolute Gasteiger partial charge is 0.507 e. The van der Waals surface area contributed by atoms with Crippen molar-refractivity contribution >= 4 is 22.3 Å². The summed E-state index contributed by atoms with van der Waals surface area (Å²) in [7, 11) is 0. The van der Waals surface area contributed by atoms with Gasteiger partial charge in [0.1, 0.15) is 11.6 Å². The number of hydrogen-bond donors (Lipinski definition) is 1. The van der Waals surface area contributed by atoms with Gasteiger partial charge in [0, 0.05) is 18.5 Å². The van der Waals surface area contributed by atoms with E-state index in [-0.39, 0.29) is 5.76 Å². The maximum absolute atomic E-state index is 10.2. The molecule has 0 aliphatic carbocycles. The highest BCUT2D eigenvalue weighted by atomic mass is 16.3. The van der Waals surface area contributed by atoms with Crippen LogP contribution in [0.1, 0.15) is 37.6 Å². The summed E-state index contributed by atoms with van der Waals surface area (Å²) in [5.41, 5.74) is 2.66. The fraction of sp³-hybridized carbons (Fsp3) is 0.333. The SMILES string of the molecule is C=C/C(O)=C(\C=C/C)c1nc(N2CCCCC2)c2ccc(C)cc2n1. The van der Waals surface area contributed by atoms with Gasteiger partial charge in [0.05, 0.1) is 11.1 Å². The molecule has 130 valence electrons. The van der Waals surface area contributed by atoms with E-state index in [9.17, 15) is 5.11 Å². The molecule has 3 rings (SSSR count). The Labute approximate surface area is 149 Å². The van der Waals surface area contributed by atoms with E-state index in [0.717, 1.165) is 35.4 Å². The lowest BCUT2D eigenvalue weighted by atomic mass is 10.1. The number of rotatable bonds is 4. The second kappa shape index (κ2) is 7.51. The first-order valence-electron chi connectivity index (χ1n) is 8.86. The van der Waals surface area contributed by atoms with E-state index in [1.807, 2.05) is 19.1 Å². The van der Waals surface area contributed by atoms with Crippen molar-refractivity contribution in [2.75, 3.05) is 18.0 Å². The molecule has 25 heavy (non-hydrogen) atoms. The number of nitrogens with zero attached hydrogens (tertiary/aromatic N) is 3. The highest BCUT2D eigenvalue weighted by Gasteiger charge is 2.18. The smallest absolute Gasteiger partial charge is 0.165 e. The molecule has 1 aromatic carbocycles. The van der Waals surface area contributed by atoms with Crippen LogP contribution in [-0.2, 0) is 0 Å². The summed E-state index contributed by atoms with van der Waals surface area (Å²) >= 11 is 0. The Morgan fingerprint density at radius 1 is 1.20 bits per heavy atom. The number of hydrogen-bond acceptors (Lipinski definition) is 4. The van der Waals surface area contributed by atoms with Gasteiger partial charge in [0.15, 0.2) is 5.82 Å². The van der Waals surface area contributed by atoms with E-state index in [2.05, 4.69) is 36.6 Å². The van der Waals surface area contributed by atoms with Crippen LogP contribution in [0.4, 0.5) is 5.82 Å².